The lowest BCUT2D eigenvalue weighted by atomic mass is 10.2. The van der Waals surface area contributed by atoms with E-state index in [9.17, 15) is 4.79 Å². The second-order valence-electron chi connectivity index (χ2n) is 8.48. The molecular weight excluding hydrogens is 412 g/mol. The van der Waals surface area contributed by atoms with E-state index in [2.05, 4.69) is 20.8 Å². The predicted octanol–water partition coefficient (Wildman–Crippen LogP) is 3.71. The molecule has 0 unspecified atom stereocenters. The molecule has 3 rings (SSSR count). The van der Waals surface area contributed by atoms with Crippen molar-refractivity contribution in [2.45, 2.75) is 52.6 Å². The van der Waals surface area contributed by atoms with Crippen molar-refractivity contribution in [3.05, 3.63) is 18.0 Å². The van der Waals surface area contributed by atoms with Crippen LogP contribution in [0, 0.1) is 6.92 Å². The van der Waals surface area contributed by atoms with Gasteiger partial charge in [0.05, 0.1) is 25.3 Å². The third kappa shape index (κ3) is 5.49. The van der Waals surface area contributed by atoms with Crippen LogP contribution in [0.25, 0.3) is 16.7 Å². The summed E-state index contributed by atoms with van der Waals surface area (Å²) in [4.78, 5) is 16.4. The van der Waals surface area contributed by atoms with E-state index in [4.69, 9.17) is 19.2 Å². The molecule has 0 saturated carbocycles. The van der Waals surface area contributed by atoms with Gasteiger partial charge in [0.25, 0.3) is 0 Å². The fourth-order valence-corrected chi connectivity index (χ4v) is 3.36. The number of methoxy groups -OCH3 is 2. The Bertz CT molecular complexity index is 1090. The Balaban J connectivity index is 1.62. The number of fused-ring (bicyclic) bond motifs is 3. The first-order chi connectivity index (χ1) is 15.2. The molecule has 0 radical (unpaired) electrons. The Kier molecular flexibility index (Phi) is 7.22. The van der Waals surface area contributed by atoms with Crippen molar-refractivity contribution in [3.8, 4) is 11.5 Å². The van der Waals surface area contributed by atoms with E-state index in [-0.39, 0.29) is 6.09 Å². The number of nitrogens with one attached hydrogen (secondary N) is 2. The highest BCUT2D eigenvalue weighted by molar-refractivity contribution is 5.85. The quantitative estimate of drug-likeness (QED) is 0.481. The highest BCUT2D eigenvalue weighted by atomic mass is 16.6. The molecule has 3 aromatic rings. The molecule has 2 N–H and O–H groups in total. The van der Waals surface area contributed by atoms with Gasteiger partial charge < -0.3 is 24.8 Å². The minimum Gasteiger partial charge on any atom is -0.493 e. The molecule has 2 heterocycles. The van der Waals surface area contributed by atoms with Crippen LogP contribution in [-0.4, -0.2) is 58.6 Å². The Morgan fingerprint density at radius 1 is 1.03 bits per heavy atom. The third-order valence-electron chi connectivity index (χ3n) is 4.80. The summed E-state index contributed by atoms with van der Waals surface area (Å²) in [6.07, 6.45) is 2.35. The van der Waals surface area contributed by atoms with Crippen LogP contribution < -0.4 is 20.1 Å². The van der Waals surface area contributed by atoms with Gasteiger partial charge in [-0.05, 0) is 47.0 Å². The van der Waals surface area contributed by atoms with E-state index in [1.165, 1.54) is 0 Å². The smallest absolute Gasteiger partial charge is 0.407 e. The molecule has 1 amide bonds. The van der Waals surface area contributed by atoms with Gasteiger partial charge in [0.2, 0.25) is 5.65 Å². The van der Waals surface area contributed by atoms with Crippen LogP contribution in [0.2, 0.25) is 0 Å². The molecule has 0 atom stereocenters. The van der Waals surface area contributed by atoms with Crippen LogP contribution in [0.1, 0.15) is 45.9 Å². The Labute approximate surface area is 187 Å². The van der Waals surface area contributed by atoms with Crippen molar-refractivity contribution in [1.29, 1.82) is 0 Å². The maximum atomic E-state index is 11.7. The van der Waals surface area contributed by atoms with E-state index in [1.54, 1.807) is 14.2 Å². The average Bonchev–Trinajstić information content (AvgIpc) is 3.12. The number of carbonyl (C=O) groups is 1. The predicted molar refractivity (Wildman–Crippen MR) is 123 cm³/mol. The maximum absolute atomic E-state index is 11.7. The highest BCUT2D eigenvalue weighted by Crippen LogP contribution is 2.33. The van der Waals surface area contributed by atoms with Crippen LogP contribution in [0.15, 0.2) is 12.1 Å². The normalized spacial score (nSPS) is 11.6. The summed E-state index contributed by atoms with van der Waals surface area (Å²) in [6, 6.07) is 3.73. The molecule has 0 spiro atoms. The first kappa shape index (κ1) is 23.4. The second kappa shape index (κ2) is 9.88. The van der Waals surface area contributed by atoms with Crippen LogP contribution in [-0.2, 0) is 4.74 Å². The van der Waals surface area contributed by atoms with Crippen molar-refractivity contribution in [2.24, 2.45) is 0 Å². The summed E-state index contributed by atoms with van der Waals surface area (Å²) in [6.45, 7) is 8.74. The number of anilines is 1. The van der Waals surface area contributed by atoms with Gasteiger partial charge in [-0.3, -0.25) is 4.40 Å². The van der Waals surface area contributed by atoms with Gasteiger partial charge in [-0.15, -0.1) is 10.2 Å². The topological polar surface area (TPSA) is 112 Å². The van der Waals surface area contributed by atoms with Gasteiger partial charge in [0.1, 0.15) is 11.4 Å². The van der Waals surface area contributed by atoms with Crippen molar-refractivity contribution < 1.29 is 19.0 Å². The number of amides is 1. The van der Waals surface area contributed by atoms with E-state index in [1.807, 2.05) is 44.2 Å². The van der Waals surface area contributed by atoms with Gasteiger partial charge in [0.15, 0.2) is 17.3 Å². The number of unbranched alkanes of at least 4 members (excludes halogenated alkanes) is 2. The monoisotopic (exact) mass is 444 g/mol. The first-order valence-electron chi connectivity index (χ1n) is 10.7. The maximum Gasteiger partial charge on any atom is 0.407 e. The number of aromatic nitrogens is 4. The zero-order valence-corrected chi connectivity index (χ0v) is 19.6. The summed E-state index contributed by atoms with van der Waals surface area (Å²) in [5, 5.41) is 14.7. The summed E-state index contributed by atoms with van der Waals surface area (Å²) < 4.78 is 18.0. The molecule has 10 heteroatoms. The molecule has 0 aliphatic rings. The van der Waals surface area contributed by atoms with Crippen LogP contribution in [0.3, 0.4) is 0 Å². The Morgan fingerprint density at radius 2 is 1.72 bits per heavy atom. The lowest BCUT2D eigenvalue weighted by Gasteiger charge is -2.19. The van der Waals surface area contributed by atoms with E-state index in [0.29, 0.717) is 29.5 Å². The van der Waals surface area contributed by atoms with E-state index >= 15 is 0 Å². The van der Waals surface area contributed by atoms with Gasteiger partial charge >= 0.3 is 6.09 Å². The Morgan fingerprint density at radius 3 is 2.41 bits per heavy atom. The van der Waals surface area contributed by atoms with Gasteiger partial charge in [-0.2, -0.15) is 0 Å². The van der Waals surface area contributed by atoms with Crippen molar-refractivity contribution in [2.75, 3.05) is 32.6 Å². The summed E-state index contributed by atoms with van der Waals surface area (Å²) >= 11 is 0. The average molecular weight is 445 g/mol. The summed E-state index contributed by atoms with van der Waals surface area (Å²) in [5.41, 5.74) is 1.77. The largest absolute Gasteiger partial charge is 0.493 e. The number of carbonyl (C=O) groups excluding carboxylic acids is 1. The SMILES string of the molecule is COc1cc2nc(NCCCCCNC(=O)OC(C)(C)C)c3nnc(C)n3c2cc1OC. The molecule has 0 aliphatic heterocycles. The minimum absolute atomic E-state index is 0.382. The van der Waals surface area contributed by atoms with Gasteiger partial charge in [-0.25, -0.2) is 9.78 Å². The number of alkyl carbamates (subject to hydrolysis) is 1. The van der Waals surface area contributed by atoms with Crippen LogP contribution in [0.4, 0.5) is 10.6 Å². The van der Waals surface area contributed by atoms with Crippen molar-refractivity contribution in [3.63, 3.8) is 0 Å². The molecule has 10 nitrogen and oxygen atoms in total. The minimum atomic E-state index is -0.485. The van der Waals surface area contributed by atoms with E-state index in [0.717, 1.165) is 42.7 Å². The standard InChI is InChI=1S/C22H32N6O4/c1-14-26-27-20-19(23-10-8-7-9-11-24-21(29)32-22(2,3)4)25-15-12-17(30-5)18(31-6)13-16(15)28(14)20/h12-13H,7-11H2,1-6H3,(H,23,25)(H,24,29). The molecule has 32 heavy (non-hydrogen) atoms. The van der Waals surface area contributed by atoms with Gasteiger partial charge in [0, 0.05) is 25.2 Å². The Hall–Kier alpha value is -3.30. The molecule has 0 fully saturated rings. The fraction of sp³-hybridized carbons (Fsp3) is 0.545. The number of rotatable bonds is 9. The molecule has 0 aliphatic carbocycles. The second-order valence-corrected chi connectivity index (χ2v) is 8.48. The lowest BCUT2D eigenvalue weighted by molar-refractivity contribution is 0.0527. The summed E-state index contributed by atoms with van der Waals surface area (Å²) in [5.74, 6) is 2.66. The van der Waals surface area contributed by atoms with E-state index < -0.39 is 5.60 Å². The lowest BCUT2D eigenvalue weighted by Crippen LogP contribution is -2.33. The molecule has 2 aromatic heterocycles. The molecule has 174 valence electrons. The molecular formula is C22H32N6O4. The number of hydrogen-bond donors (Lipinski definition) is 2. The number of aryl methyl sites for hydroxylation is 1. The van der Waals surface area contributed by atoms with Crippen molar-refractivity contribution in [1.82, 2.24) is 24.9 Å². The van der Waals surface area contributed by atoms with Crippen molar-refractivity contribution >= 4 is 28.6 Å². The zero-order chi connectivity index (χ0) is 23.3. The zero-order valence-electron chi connectivity index (χ0n) is 19.6. The summed E-state index contributed by atoms with van der Waals surface area (Å²) in [7, 11) is 3.20. The third-order valence-corrected chi connectivity index (χ3v) is 4.80. The van der Waals surface area contributed by atoms with Crippen LogP contribution in [0.5, 0.6) is 11.5 Å². The van der Waals surface area contributed by atoms with Gasteiger partial charge in [-0.1, -0.05) is 0 Å². The van der Waals surface area contributed by atoms with Crippen LogP contribution >= 0.6 is 0 Å². The molecule has 0 bridgehead atoms. The number of hydrogen-bond acceptors (Lipinski definition) is 8. The number of benzene rings is 1. The molecule has 1 aromatic carbocycles. The first-order valence-corrected chi connectivity index (χ1v) is 10.7. The highest BCUT2D eigenvalue weighted by Gasteiger charge is 2.17. The number of nitrogens with zero attached hydrogens (tertiary/aromatic N) is 4. The number of ether oxygens (including phenoxy) is 3. The fourth-order valence-electron chi connectivity index (χ4n) is 3.36. The molecule has 0 saturated heterocycles.